The molecule has 4 atom stereocenters. The monoisotopic (exact) mass is 533 g/mol. The number of hydrogen-bond acceptors (Lipinski definition) is 11. The van der Waals surface area contributed by atoms with E-state index in [2.05, 4.69) is 19.9 Å². The highest BCUT2D eigenvalue weighted by Gasteiger charge is 2.51. The standard InChI is InChI=1S/C22H23N5O9S/c1-12(28)33-9-15-17(36-37(3,31)32)18(34-13(2)29)22(35-15)27-11-25-19-16(23-10-24-19)20(27)26-21(30)14-7-5-4-6-8-14/h4-8,10-11,15,17-18,22H,9H2,1-3H3,(H,23,24)/t15-,17+,18-,22-/m1/s1. The summed E-state index contributed by atoms with van der Waals surface area (Å²) in [5, 5.41) is 0. The van der Waals surface area contributed by atoms with Crippen molar-refractivity contribution < 1.29 is 41.2 Å². The molecule has 1 aromatic carbocycles. The van der Waals surface area contributed by atoms with Crippen LogP contribution in [0.1, 0.15) is 30.4 Å². The Kier molecular flexibility index (Phi) is 7.47. The van der Waals surface area contributed by atoms with E-state index < -0.39 is 59.1 Å². The fraction of sp³-hybridized carbons (Fsp3) is 0.364. The maximum atomic E-state index is 13.0. The predicted molar refractivity (Wildman–Crippen MR) is 124 cm³/mol. The smallest absolute Gasteiger partial charge is 0.303 e. The summed E-state index contributed by atoms with van der Waals surface area (Å²) >= 11 is 0. The van der Waals surface area contributed by atoms with Crippen LogP contribution in [0, 0.1) is 0 Å². The third-order valence-corrected chi connectivity index (χ3v) is 5.79. The Hall–Kier alpha value is -3.95. The van der Waals surface area contributed by atoms with E-state index >= 15 is 0 Å². The first-order valence-corrected chi connectivity index (χ1v) is 12.7. The lowest BCUT2D eigenvalue weighted by molar-refractivity contribution is -0.155. The molecule has 1 N–H and O–H groups in total. The number of rotatable bonds is 7. The van der Waals surface area contributed by atoms with Gasteiger partial charge >= 0.3 is 11.9 Å². The Morgan fingerprint density at radius 3 is 2.49 bits per heavy atom. The van der Waals surface area contributed by atoms with Gasteiger partial charge in [0.15, 0.2) is 23.5 Å². The summed E-state index contributed by atoms with van der Waals surface area (Å²) in [5.41, 5.74) is 0.817. The van der Waals surface area contributed by atoms with E-state index in [1.54, 1.807) is 30.3 Å². The molecular formula is C22H23N5O9S. The molecule has 37 heavy (non-hydrogen) atoms. The molecule has 3 aromatic rings. The number of fused-ring (bicyclic) bond motifs is 1. The van der Waals surface area contributed by atoms with Gasteiger partial charge in [-0.1, -0.05) is 18.2 Å². The van der Waals surface area contributed by atoms with Gasteiger partial charge in [-0.25, -0.2) is 9.97 Å². The molecule has 0 unspecified atom stereocenters. The molecule has 15 heteroatoms. The number of H-pyrrole nitrogens is 1. The van der Waals surface area contributed by atoms with Gasteiger partial charge in [0.1, 0.15) is 30.7 Å². The molecule has 1 aliphatic rings. The van der Waals surface area contributed by atoms with Crippen molar-refractivity contribution in [1.82, 2.24) is 19.5 Å². The van der Waals surface area contributed by atoms with Crippen LogP contribution in [-0.2, 0) is 38.1 Å². The topological polar surface area (TPSA) is 181 Å². The van der Waals surface area contributed by atoms with Gasteiger partial charge in [-0.2, -0.15) is 13.4 Å². The maximum absolute atomic E-state index is 13.0. The molecule has 1 fully saturated rings. The van der Waals surface area contributed by atoms with Gasteiger partial charge in [0.05, 0.1) is 12.6 Å². The highest BCUT2D eigenvalue weighted by Crippen LogP contribution is 2.34. The van der Waals surface area contributed by atoms with E-state index in [1.807, 2.05) is 0 Å². The molecule has 0 aliphatic carbocycles. The second-order valence-corrected chi connectivity index (χ2v) is 9.67. The van der Waals surface area contributed by atoms with E-state index in [9.17, 15) is 22.8 Å². The highest BCUT2D eigenvalue weighted by molar-refractivity contribution is 7.86. The zero-order valence-electron chi connectivity index (χ0n) is 19.9. The van der Waals surface area contributed by atoms with Gasteiger partial charge in [-0.05, 0) is 12.1 Å². The van der Waals surface area contributed by atoms with Gasteiger partial charge in [-0.15, -0.1) is 0 Å². The number of benzene rings is 1. The minimum atomic E-state index is -4.07. The van der Waals surface area contributed by atoms with Gasteiger partial charge < -0.3 is 19.2 Å². The molecule has 0 radical (unpaired) electrons. The van der Waals surface area contributed by atoms with Crippen molar-refractivity contribution in [1.29, 1.82) is 0 Å². The lowest BCUT2D eigenvalue weighted by Gasteiger charge is -2.24. The van der Waals surface area contributed by atoms with Crippen molar-refractivity contribution in [3.63, 3.8) is 0 Å². The summed E-state index contributed by atoms with van der Waals surface area (Å²) in [4.78, 5) is 51.8. The molecular weight excluding hydrogens is 510 g/mol. The number of ether oxygens (including phenoxy) is 3. The molecule has 3 heterocycles. The lowest BCUT2D eigenvalue weighted by Crippen LogP contribution is -2.42. The molecule has 196 valence electrons. The van der Waals surface area contributed by atoms with Crippen LogP contribution in [0.15, 0.2) is 48.0 Å². The second kappa shape index (κ2) is 10.6. The quantitative estimate of drug-likeness (QED) is 0.324. The average molecular weight is 534 g/mol. The van der Waals surface area contributed by atoms with Crippen LogP contribution >= 0.6 is 0 Å². The number of hydrogen-bond donors (Lipinski definition) is 1. The summed E-state index contributed by atoms with van der Waals surface area (Å²) in [6, 6.07) is 8.27. The van der Waals surface area contributed by atoms with Crippen molar-refractivity contribution in [2.45, 2.75) is 38.4 Å². The van der Waals surface area contributed by atoms with Crippen molar-refractivity contribution in [2.75, 3.05) is 12.9 Å². The Morgan fingerprint density at radius 1 is 1.11 bits per heavy atom. The zero-order chi connectivity index (χ0) is 26.7. The first-order chi connectivity index (χ1) is 17.5. The van der Waals surface area contributed by atoms with E-state index in [0.717, 1.165) is 13.2 Å². The summed E-state index contributed by atoms with van der Waals surface area (Å²) in [5.74, 6) is -2.01. The maximum Gasteiger partial charge on any atom is 0.303 e. The van der Waals surface area contributed by atoms with Gasteiger partial charge in [0, 0.05) is 19.4 Å². The number of aromatic amines is 1. The molecule has 14 nitrogen and oxygen atoms in total. The van der Waals surface area contributed by atoms with Crippen LogP contribution in [0.3, 0.4) is 0 Å². The van der Waals surface area contributed by atoms with Crippen molar-refractivity contribution in [3.05, 3.63) is 54.0 Å². The second-order valence-electron chi connectivity index (χ2n) is 8.07. The zero-order valence-corrected chi connectivity index (χ0v) is 20.7. The van der Waals surface area contributed by atoms with Gasteiger partial charge in [0.2, 0.25) is 0 Å². The summed E-state index contributed by atoms with van der Waals surface area (Å²) in [7, 11) is -4.07. The third-order valence-electron chi connectivity index (χ3n) is 5.22. The Morgan fingerprint density at radius 2 is 1.84 bits per heavy atom. The van der Waals surface area contributed by atoms with Crippen LogP contribution in [0.25, 0.3) is 11.2 Å². The molecule has 4 rings (SSSR count). The first-order valence-electron chi connectivity index (χ1n) is 10.9. The van der Waals surface area contributed by atoms with Crippen LogP contribution in [0.5, 0.6) is 0 Å². The summed E-state index contributed by atoms with van der Waals surface area (Å²) in [6.07, 6.45) is -1.78. The van der Waals surface area contributed by atoms with E-state index in [-0.39, 0.29) is 16.7 Å². The number of imidazole rings is 1. The Bertz CT molecular complexity index is 1500. The van der Waals surface area contributed by atoms with E-state index in [0.29, 0.717) is 5.56 Å². The normalized spacial score (nSPS) is 22.2. The number of nitrogens with zero attached hydrogens (tertiary/aromatic N) is 4. The fourth-order valence-corrected chi connectivity index (χ4v) is 4.43. The third kappa shape index (κ3) is 6.07. The number of esters is 2. The average Bonchev–Trinajstić information content (AvgIpc) is 3.43. The molecule has 1 amide bonds. The lowest BCUT2D eigenvalue weighted by atomic mass is 10.1. The SMILES string of the molecule is CC(=O)OC[C@H]1O[C@@H](n2cnc3nc[nH]c3c2=NC(=O)c2ccccc2)[C@H](OC(C)=O)[C@H]1OS(C)(=O)=O. The van der Waals surface area contributed by atoms with Crippen LogP contribution in [0.4, 0.5) is 0 Å². The molecule has 1 saturated heterocycles. The molecule has 1 aliphatic heterocycles. The first kappa shape index (κ1) is 26.1. The number of carbonyl (C=O) groups is 3. The van der Waals surface area contributed by atoms with Crippen molar-refractivity contribution in [2.24, 2.45) is 4.99 Å². The Labute approximate surface area is 210 Å². The van der Waals surface area contributed by atoms with Gasteiger partial charge in [0.25, 0.3) is 16.0 Å². The largest absolute Gasteiger partial charge is 0.463 e. The van der Waals surface area contributed by atoms with Crippen LogP contribution in [0.2, 0.25) is 0 Å². The fourth-order valence-electron chi connectivity index (χ4n) is 3.79. The highest BCUT2D eigenvalue weighted by atomic mass is 32.2. The number of carbonyl (C=O) groups excluding carboxylic acids is 3. The van der Waals surface area contributed by atoms with Crippen LogP contribution in [-0.4, -0.2) is 77.0 Å². The molecule has 0 saturated carbocycles. The van der Waals surface area contributed by atoms with E-state index in [4.69, 9.17) is 18.4 Å². The number of amides is 1. The predicted octanol–water partition coefficient (Wildman–Crippen LogP) is 0.238. The van der Waals surface area contributed by atoms with Gasteiger partial charge in [-0.3, -0.25) is 23.1 Å². The van der Waals surface area contributed by atoms with Crippen molar-refractivity contribution in [3.8, 4) is 0 Å². The molecule has 0 spiro atoms. The minimum absolute atomic E-state index is 0.0183. The number of nitrogens with one attached hydrogen (secondary N) is 1. The Balaban J connectivity index is 1.86. The molecule has 0 bridgehead atoms. The summed E-state index contributed by atoms with van der Waals surface area (Å²) in [6.45, 7) is 1.89. The minimum Gasteiger partial charge on any atom is -0.463 e. The van der Waals surface area contributed by atoms with Crippen LogP contribution < -0.4 is 5.49 Å². The summed E-state index contributed by atoms with van der Waals surface area (Å²) < 4.78 is 47.0. The van der Waals surface area contributed by atoms with Crippen molar-refractivity contribution >= 4 is 39.1 Å². The van der Waals surface area contributed by atoms with E-state index in [1.165, 1.54) is 24.1 Å². The number of aromatic nitrogens is 4. The molecule has 2 aromatic heterocycles.